The summed E-state index contributed by atoms with van der Waals surface area (Å²) >= 11 is 0. The molecule has 1 saturated heterocycles. The fourth-order valence-electron chi connectivity index (χ4n) is 1.71. The van der Waals surface area contributed by atoms with E-state index in [9.17, 15) is 9.59 Å². The van der Waals surface area contributed by atoms with Crippen LogP contribution in [0.25, 0.3) is 0 Å². The highest BCUT2D eigenvalue weighted by atomic mass is 16.5. The molecule has 0 saturated carbocycles. The first kappa shape index (κ1) is 13.3. The molecule has 1 aromatic heterocycles. The normalized spacial score (nSPS) is 17.3. The quantitative estimate of drug-likeness (QED) is 0.582. The second kappa shape index (κ2) is 6.72. The van der Waals surface area contributed by atoms with Gasteiger partial charge in [-0.3, -0.25) is 9.78 Å². The van der Waals surface area contributed by atoms with Crippen molar-refractivity contribution < 1.29 is 14.3 Å². The predicted octanol–water partition coefficient (Wildman–Crippen LogP) is 0.629. The Morgan fingerprint density at radius 1 is 1.47 bits per heavy atom. The third-order valence-corrected chi connectivity index (χ3v) is 2.88. The van der Waals surface area contributed by atoms with Gasteiger partial charge in [-0.2, -0.15) is 0 Å². The van der Waals surface area contributed by atoms with Crippen LogP contribution < -0.4 is 10.6 Å². The Morgan fingerprint density at radius 2 is 2.37 bits per heavy atom. The Hall–Kier alpha value is -2.11. The number of carbonyl (C=O) groups excluding carboxylic acids is 2. The molecule has 2 amide bonds. The molecule has 0 aromatic carbocycles. The molecule has 1 aliphatic rings. The maximum absolute atomic E-state index is 11.3. The molecule has 1 unspecified atom stereocenters. The summed E-state index contributed by atoms with van der Waals surface area (Å²) in [5, 5.41) is 5.03. The highest BCUT2D eigenvalue weighted by Gasteiger charge is 2.29. The Labute approximate surface area is 111 Å². The van der Waals surface area contributed by atoms with E-state index in [4.69, 9.17) is 4.74 Å². The molecule has 1 fully saturated rings. The van der Waals surface area contributed by atoms with E-state index >= 15 is 0 Å². The summed E-state index contributed by atoms with van der Waals surface area (Å²) in [5.74, 6) is -0.160. The molecule has 0 aliphatic carbocycles. The van der Waals surface area contributed by atoms with Crippen LogP contribution in [0, 0.1) is 0 Å². The predicted molar refractivity (Wildman–Crippen MR) is 68.5 cm³/mol. The Kier molecular flexibility index (Phi) is 4.72. The maximum atomic E-state index is 11.3. The number of alkyl carbamates (subject to hydrolysis) is 1. The summed E-state index contributed by atoms with van der Waals surface area (Å²) in [6, 6.07) is 5.38. The van der Waals surface area contributed by atoms with Gasteiger partial charge in [0.1, 0.15) is 6.04 Å². The second-order valence-corrected chi connectivity index (χ2v) is 4.36. The summed E-state index contributed by atoms with van der Waals surface area (Å²) in [6.45, 7) is 0.834. The fraction of sp³-hybridized carbons (Fsp3) is 0.462. The molecule has 2 rings (SSSR count). The van der Waals surface area contributed by atoms with Crippen LogP contribution in [0.2, 0.25) is 0 Å². The van der Waals surface area contributed by atoms with E-state index in [1.54, 1.807) is 6.20 Å². The van der Waals surface area contributed by atoms with Gasteiger partial charge in [0.2, 0.25) is 5.91 Å². The average molecular weight is 263 g/mol. The van der Waals surface area contributed by atoms with Gasteiger partial charge >= 0.3 is 6.09 Å². The largest absolute Gasteiger partial charge is 0.450 e. The number of hydrogen-bond donors (Lipinski definition) is 2. The lowest BCUT2D eigenvalue weighted by Gasteiger charge is -2.26. The minimum Gasteiger partial charge on any atom is -0.450 e. The number of nitrogens with zero attached hydrogens (tertiary/aromatic N) is 1. The monoisotopic (exact) mass is 263 g/mol. The molecule has 6 nitrogen and oxygen atoms in total. The summed E-state index contributed by atoms with van der Waals surface area (Å²) in [6.07, 6.45) is 3.80. The van der Waals surface area contributed by atoms with Gasteiger partial charge < -0.3 is 15.4 Å². The van der Waals surface area contributed by atoms with Gasteiger partial charge in [0.15, 0.2) is 0 Å². The number of β-lactam (4-membered cyclic amide) rings is 1. The van der Waals surface area contributed by atoms with Crippen LogP contribution in [0.3, 0.4) is 0 Å². The van der Waals surface area contributed by atoms with Crippen LogP contribution in [0.15, 0.2) is 24.4 Å². The van der Waals surface area contributed by atoms with Crippen molar-refractivity contribution in [2.75, 3.05) is 13.2 Å². The number of carbonyl (C=O) groups is 2. The Balaban J connectivity index is 1.52. The molecular formula is C13H17N3O3. The van der Waals surface area contributed by atoms with Crippen molar-refractivity contribution in [3.63, 3.8) is 0 Å². The van der Waals surface area contributed by atoms with Gasteiger partial charge in [-0.05, 0) is 31.4 Å². The van der Waals surface area contributed by atoms with Crippen molar-refractivity contribution in [2.45, 2.75) is 25.3 Å². The fourth-order valence-corrected chi connectivity index (χ4v) is 1.71. The molecule has 1 aliphatic heterocycles. The smallest absolute Gasteiger partial charge is 0.407 e. The van der Waals surface area contributed by atoms with E-state index in [0.29, 0.717) is 13.2 Å². The van der Waals surface area contributed by atoms with Gasteiger partial charge in [-0.1, -0.05) is 6.07 Å². The highest BCUT2D eigenvalue weighted by Crippen LogP contribution is 2.02. The highest BCUT2D eigenvalue weighted by molar-refractivity contribution is 5.90. The molecule has 0 radical (unpaired) electrons. The molecule has 6 heteroatoms. The number of amides is 2. The molecular weight excluding hydrogens is 246 g/mol. The summed E-state index contributed by atoms with van der Waals surface area (Å²) < 4.78 is 4.98. The molecule has 1 atom stereocenters. The zero-order valence-electron chi connectivity index (χ0n) is 10.6. The van der Waals surface area contributed by atoms with Gasteiger partial charge in [-0.25, -0.2) is 4.79 Å². The SMILES string of the molecule is O=C(NC1CNC1=O)OCCCCc1ccccn1. The minimum atomic E-state index is -0.530. The van der Waals surface area contributed by atoms with Crippen molar-refractivity contribution in [1.82, 2.24) is 15.6 Å². The minimum absolute atomic E-state index is 0.160. The maximum Gasteiger partial charge on any atom is 0.407 e. The van der Waals surface area contributed by atoms with E-state index in [-0.39, 0.29) is 5.91 Å². The Bertz CT molecular complexity index is 436. The lowest BCUT2D eigenvalue weighted by atomic mass is 10.2. The number of pyridine rings is 1. The first-order chi connectivity index (χ1) is 9.25. The Morgan fingerprint density at radius 3 is 3.00 bits per heavy atom. The number of nitrogens with one attached hydrogen (secondary N) is 2. The standard InChI is InChI=1S/C13H17N3O3/c17-12-11(9-15-12)16-13(18)19-8-4-2-6-10-5-1-3-7-14-10/h1,3,5,7,11H,2,4,6,8-9H2,(H,15,17)(H,16,18). The van der Waals surface area contributed by atoms with Crippen molar-refractivity contribution >= 4 is 12.0 Å². The number of rotatable bonds is 6. The summed E-state index contributed by atoms with van der Waals surface area (Å²) in [7, 11) is 0. The van der Waals surface area contributed by atoms with Gasteiger partial charge in [-0.15, -0.1) is 0 Å². The zero-order chi connectivity index (χ0) is 13.5. The second-order valence-electron chi connectivity index (χ2n) is 4.36. The van der Waals surface area contributed by atoms with Crippen LogP contribution in [0.5, 0.6) is 0 Å². The molecule has 0 spiro atoms. The van der Waals surface area contributed by atoms with E-state index < -0.39 is 12.1 Å². The van der Waals surface area contributed by atoms with Crippen molar-refractivity contribution in [3.8, 4) is 0 Å². The van der Waals surface area contributed by atoms with Crippen molar-refractivity contribution in [1.29, 1.82) is 0 Å². The third kappa shape index (κ3) is 4.24. The van der Waals surface area contributed by atoms with E-state index in [1.807, 2.05) is 18.2 Å². The molecule has 19 heavy (non-hydrogen) atoms. The van der Waals surface area contributed by atoms with Gasteiger partial charge in [0, 0.05) is 18.4 Å². The number of hydrogen-bond acceptors (Lipinski definition) is 4. The van der Waals surface area contributed by atoms with Crippen molar-refractivity contribution in [3.05, 3.63) is 30.1 Å². The number of ether oxygens (including phenoxy) is 1. The first-order valence-electron chi connectivity index (χ1n) is 6.36. The number of aryl methyl sites for hydroxylation is 1. The van der Waals surface area contributed by atoms with Gasteiger partial charge in [0.05, 0.1) is 6.61 Å². The van der Waals surface area contributed by atoms with Crippen LogP contribution >= 0.6 is 0 Å². The van der Waals surface area contributed by atoms with Crippen LogP contribution in [-0.2, 0) is 16.0 Å². The van der Waals surface area contributed by atoms with E-state index in [2.05, 4.69) is 15.6 Å². The number of unbranched alkanes of at least 4 members (excludes halogenated alkanes) is 1. The van der Waals surface area contributed by atoms with E-state index in [1.165, 1.54) is 0 Å². The van der Waals surface area contributed by atoms with Crippen LogP contribution in [-0.4, -0.2) is 36.2 Å². The molecule has 2 N–H and O–H groups in total. The number of aromatic nitrogens is 1. The lowest BCUT2D eigenvalue weighted by Crippen LogP contribution is -2.61. The molecule has 2 heterocycles. The van der Waals surface area contributed by atoms with E-state index in [0.717, 1.165) is 25.0 Å². The first-order valence-corrected chi connectivity index (χ1v) is 6.36. The lowest BCUT2D eigenvalue weighted by molar-refractivity contribution is -0.128. The zero-order valence-corrected chi connectivity index (χ0v) is 10.6. The van der Waals surface area contributed by atoms with Crippen molar-refractivity contribution in [2.24, 2.45) is 0 Å². The van der Waals surface area contributed by atoms with Gasteiger partial charge in [0.25, 0.3) is 0 Å². The summed E-state index contributed by atoms with van der Waals surface area (Å²) in [5.41, 5.74) is 1.04. The molecule has 102 valence electrons. The molecule has 1 aromatic rings. The third-order valence-electron chi connectivity index (χ3n) is 2.88. The van der Waals surface area contributed by atoms with Crippen LogP contribution in [0.1, 0.15) is 18.5 Å². The summed E-state index contributed by atoms with van der Waals surface area (Å²) in [4.78, 5) is 26.4. The average Bonchev–Trinajstić information content (AvgIpc) is 2.44. The van der Waals surface area contributed by atoms with Crippen LogP contribution in [0.4, 0.5) is 4.79 Å². The topological polar surface area (TPSA) is 80.3 Å². The molecule has 0 bridgehead atoms.